The number of nitrogens with one attached hydrogen (secondary N) is 1. The zero-order chi connectivity index (χ0) is 29.9. The zero-order valence-corrected chi connectivity index (χ0v) is 27.3. The monoisotopic (exact) mass is 678 g/mol. The number of aromatic nitrogens is 3. The Morgan fingerprint density at radius 3 is 2.61 bits per heavy atom. The maximum absolute atomic E-state index is 13.4. The molecule has 2 heterocycles. The Morgan fingerprint density at radius 1 is 1.27 bits per heavy atom. The number of para-hydroxylation sites is 1. The Hall–Kier alpha value is -2.19. The zero-order valence-electron chi connectivity index (χ0n) is 25.1. The summed E-state index contributed by atoms with van der Waals surface area (Å²) in [6, 6.07) is 5.37. The van der Waals surface area contributed by atoms with Crippen LogP contribution >= 0.6 is 22.6 Å². The van der Waals surface area contributed by atoms with Gasteiger partial charge in [-0.25, -0.2) is 9.48 Å². The normalized spacial score (nSPS) is 27.0. The second kappa shape index (κ2) is 10.8. The predicted molar refractivity (Wildman–Crippen MR) is 161 cm³/mol. The molecule has 4 fully saturated rings. The summed E-state index contributed by atoms with van der Waals surface area (Å²) < 4.78 is 27.1. The van der Waals surface area contributed by atoms with E-state index in [-0.39, 0.29) is 24.0 Å². The molecule has 41 heavy (non-hydrogen) atoms. The van der Waals surface area contributed by atoms with Crippen molar-refractivity contribution in [2.75, 3.05) is 7.11 Å². The van der Waals surface area contributed by atoms with Crippen LogP contribution in [0.25, 0.3) is 0 Å². The molecule has 1 aromatic carbocycles. The highest BCUT2D eigenvalue weighted by Gasteiger charge is 2.68. The molecule has 1 aliphatic heterocycles. The van der Waals surface area contributed by atoms with E-state index >= 15 is 0 Å². The van der Waals surface area contributed by atoms with E-state index in [1.165, 1.54) is 7.11 Å². The van der Waals surface area contributed by atoms with E-state index in [0.29, 0.717) is 29.6 Å². The Morgan fingerprint density at radius 2 is 2.00 bits per heavy atom. The minimum atomic E-state index is -0.671. The number of carbonyl (C=O) groups is 2. The van der Waals surface area contributed by atoms with Crippen LogP contribution < -0.4 is 10.1 Å². The summed E-state index contributed by atoms with van der Waals surface area (Å²) in [6.07, 6.45) is 2.34. The molecule has 0 radical (unpaired) electrons. The first-order valence-corrected chi connectivity index (χ1v) is 15.3. The van der Waals surface area contributed by atoms with Gasteiger partial charge in [0.25, 0.3) is 0 Å². The molecule has 1 aromatic heterocycles. The van der Waals surface area contributed by atoms with Crippen molar-refractivity contribution in [3.63, 3.8) is 0 Å². The smallest absolute Gasteiger partial charge is 0.482 e. The molecule has 0 unspecified atom stereocenters. The molecule has 222 valence electrons. The first-order chi connectivity index (χ1) is 19.1. The summed E-state index contributed by atoms with van der Waals surface area (Å²) in [6.45, 7) is 14.1. The highest BCUT2D eigenvalue weighted by molar-refractivity contribution is 14.1. The van der Waals surface area contributed by atoms with Gasteiger partial charge in [0.1, 0.15) is 27.2 Å². The molecular formula is C29H40BIN4O6. The molecule has 0 spiro atoms. The molecule has 12 heteroatoms. The molecule has 6 rings (SSSR count). The number of ether oxygens (including phenoxy) is 2. The minimum absolute atomic E-state index is 0.00977. The number of amides is 1. The summed E-state index contributed by atoms with van der Waals surface area (Å²) in [5, 5.41) is 11.3. The van der Waals surface area contributed by atoms with Crippen molar-refractivity contribution >= 4 is 41.6 Å². The van der Waals surface area contributed by atoms with Crippen molar-refractivity contribution in [3.8, 4) is 5.75 Å². The van der Waals surface area contributed by atoms with Gasteiger partial charge >= 0.3 is 13.1 Å². The highest BCUT2D eigenvalue weighted by atomic mass is 127. The van der Waals surface area contributed by atoms with Gasteiger partial charge in [-0.05, 0) is 105 Å². The minimum Gasteiger partial charge on any atom is -0.496 e. The van der Waals surface area contributed by atoms with E-state index in [4.69, 9.17) is 18.8 Å². The van der Waals surface area contributed by atoms with Crippen LogP contribution in [0.4, 0.5) is 0 Å². The molecule has 5 atom stereocenters. The van der Waals surface area contributed by atoms with Crippen molar-refractivity contribution in [1.82, 2.24) is 20.3 Å². The Bertz CT molecular complexity index is 1340. The first kappa shape index (κ1) is 30.3. The average molecular weight is 678 g/mol. The lowest BCUT2D eigenvalue weighted by atomic mass is 9.43. The van der Waals surface area contributed by atoms with Crippen LogP contribution in [-0.4, -0.2) is 64.3 Å². The number of esters is 1. The van der Waals surface area contributed by atoms with E-state index < -0.39 is 30.2 Å². The second-order valence-electron chi connectivity index (χ2n) is 13.3. The van der Waals surface area contributed by atoms with Crippen LogP contribution in [0.2, 0.25) is 0 Å². The number of hydrogen-bond donors (Lipinski definition) is 1. The highest BCUT2D eigenvalue weighted by Crippen LogP contribution is 2.65. The fourth-order valence-electron chi connectivity index (χ4n) is 6.88. The standard InChI is InChI=1S/C29H40BIN4O6/c1-16-25(31)35(34-33-16)15-23(36)32-22(30-40-21-14-18-13-20(28(18,5)6)29(21,7)41-30)12-17-10-9-11-19(24(17)38-8)26(37)39-27(2,3)4/h9-11,18,20-22H,12-15H2,1-8H3,(H,32,36)/t18-,20-,21+,22-,29-/m0/s1. The fraction of sp³-hybridized carbons (Fsp3) is 0.655. The molecule has 4 aliphatic rings. The van der Waals surface area contributed by atoms with Gasteiger partial charge < -0.3 is 24.1 Å². The van der Waals surface area contributed by atoms with Gasteiger partial charge in [-0.15, -0.1) is 5.10 Å². The SMILES string of the molecule is COc1c(C[C@H](NC(=O)Cn2nnc(C)c2I)B2O[C@@H]3C[C@@H]4C[C@@H](C4(C)C)[C@]3(C)O2)cccc1C(=O)OC(C)(C)C. The van der Waals surface area contributed by atoms with Crippen molar-refractivity contribution in [2.24, 2.45) is 17.3 Å². The van der Waals surface area contributed by atoms with Crippen molar-refractivity contribution in [1.29, 1.82) is 0 Å². The molecule has 2 aromatic rings. The van der Waals surface area contributed by atoms with Gasteiger partial charge in [-0.3, -0.25) is 4.79 Å². The topological polar surface area (TPSA) is 114 Å². The van der Waals surface area contributed by atoms with Crippen LogP contribution in [0, 0.1) is 27.9 Å². The molecular weight excluding hydrogens is 638 g/mol. The molecule has 3 saturated carbocycles. The lowest BCUT2D eigenvalue weighted by Gasteiger charge is -2.64. The Balaban J connectivity index is 1.43. The van der Waals surface area contributed by atoms with Crippen molar-refractivity contribution in [2.45, 2.75) is 97.5 Å². The van der Waals surface area contributed by atoms with Crippen LogP contribution in [0.1, 0.15) is 76.0 Å². The summed E-state index contributed by atoms with van der Waals surface area (Å²) in [5.74, 6) is 0.135. The van der Waals surface area contributed by atoms with Gasteiger partial charge in [0.15, 0.2) is 0 Å². The number of rotatable bonds is 8. The van der Waals surface area contributed by atoms with Crippen molar-refractivity contribution in [3.05, 3.63) is 38.7 Å². The number of nitrogens with zero attached hydrogens (tertiary/aromatic N) is 3. The van der Waals surface area contributed by atoms with Gasteiger partial charge in [0.2, 0.25) is 5.91 Å². The molecule has 10 nitrogen and oxygen atoms in total. The number of benzene rings is 1. The third kappa shape index (κ3) is 5.63. The molecule has 1 amide bonds. The van der Waals surface area contributed by atoms with E-state index in [0.717, 1.165) is 27.8 Å². The summed E-state index contributed by atoms with van der Waals surface area (Å²) >= 11 is 2.13. The third-order valence-corrected chi connectivity index (χ3v) is 10.5. The van der Waals surface area contributed by atoms with Crippen LogP contribution in [0.3, 0.4) is 0 Å². The van der Waals surface area contributed by atoms with Gasteiger partial charge in [0.05, 0.1) is 30.4 Å². The maximum Gasteiger partial charge on any atom is 0.482 e. The van der Waals surface area contributed by atoms with Gasteiger partial charge in [0, 0.05) is 0 Å². The quantitative estimate of drug-likeness (QED) is 0.252. The molecule has 3 aliphatic carbocycles. The average Bonchev–Trinajstić information content (AvgIpc) is 3.40. The number of carbonyl (C=O) groups excluding carboxylic acids is 2. The Labute approximate surface area is 255 Å². The predicted octanol–water partition coefficient (Wildman–Crippen LogP) is 4.15. The maximum atomic E-state index is 13.4. The van der Waals surface area contributed by atoms with E-state index in [9.17, 15) is 9.59 Å². The molecule has 2 bridgehead atoms. The summed E-state index contributed by atoms with van der Waals surface area (Å²) in [7, 11) is 0.860. The second-order valence-corrected chi connectivity index (χ2v) is 14.4. The van der Waals surface area contributed by atoms with E-state index in [1.54, 1.807) is 16.8 Å². The number of halogens is 1. The van der Waals surface area contributed by atoms with Crippen LogP contribution in [0.15, 0.2) is 18.2 Å². The van der Waals surface area contributed by atoms with Gasteiger partial charge in [-0.2, -0.15) is 0 Å². The number of methoxy groups -OCH3 is 1. The van der Waals surface area contributed by atoms with E-state index in [1.807, 2.05) is 33.8 Å². The van der Waals surface area contributed by atoms with Gasteiger partial charge in [-0.1, -0.05) is 31.2 Å². The Kier molecular flexibility index (Phi) is 7.99. The molecule has 1 saturated heterocycles. The molecule has 1 N–H and O–H groups in total. The third-order valence-electron chi connectivity index (χ3n) is 9.12. The van der Waals surface area contributed by atoms with Crippen LogP contribution in [0.5, 0.6) is 5.75 Å². The fourth-order valence-corrected chi connectivity index (χ4v) is 7.26. The number of hydrogen-bond acceptors (Lipinski definition) is 8. The van der Waals surface area contributed by atoms with Crippen molar-refractivity contribution < 1.29 is 28.4 Å². The van der Waals surface area contributed by atoms with Crippen LogP contribution in [-0.2, 0) is 31.8 Å². The lowest BCUT2D eigenvalue weighted by Crippen LogP contribution is -2.65. The summed E-state index contributed by atoms with van der Waals surface area (Å²) in [5.41, 5.74) is 0.928. The van der Waals surface area contributed by atoms with E-state index in [2.05, 4.69) is 59.0 Å². The number of aryl methyl sites for hydroxylation is 1. The largest absolute Gasteiger partial charge is 0.496 e. The summed E-state index contributed by atoms with van der Waals surface area (Å²) in [4.78, 5) is 26.4. The first-order valence-electron chi connectivity index (χ1n) is 14.2. The lowest BCUT2D eigenvalue weighted by molar-refractivity contribution is -0.199.